The summed E-state index contributed by atoms with van der Waals surface area (Å²) in [6.07, 6.45) is 3.64. The molecule has 0 radical (unpaired) electrons. The molecule has 4 aromatic rings. The minimum Gasteiger partial charge on any atom is -0.497 e. The topological polar surface area (TPSA) is 92.5 Å². The SMILES string of the molecule is COc1ccc2c(c1)nc(-c1ccc3c(c1)OCO3)n2-c1ccnc(NC2CCOCC2)n1. The summed E-state index contributed by atoms with van der Waals surface area (Å²) in [6, 6.07) is 13.8. The van der Waals surface area contributed by atoms with Gasteiger partial charge in [-0.15, -0.1) is 0 Å². The Morgan fingerprint density at radius 1 is 1.00 bits per heavy atom. The molecule has 2 aliphatic rings. The highest BCUT2D eigenvalue weighted by Crippen LogP contribution is 2.37. The van der Waals surface area contributed by atoms with Crippen molar-refractivity contribution in [3.8, 4) is 34.5 Å². The predicted octanol–water partition coefficient (Wildman–Crippen LogP) is 3.81. The Kier molecular flexibility index (Phi) is 4.95. The molecule has 0 aliphatic carbocycles. The lowest BCUT2D eigenvalue weighted by Crippen LogP contribution is -2.28. The summed E-state index contributed by atoms with van der Waals surface area (Å²) in [7, 11) is 1.65. The second-order valence-corrected chi connectivity index (χ2v) is 7.96. The fraction of sp³-hybridized carbons (Fsp3) is 0.292. The van der Waals surface area contributed by atoms with E-state index in [-0.39, 0.29) is 6.79 Å². The number of fused-ring (bicyclic) bond motifs is 2. The molecule has 4 heterocycles. The highest BCUT2D eigenvalue weighted by Gasteiger charge is 2.21. The summed E-state index contributed by atoms with van der Waals surface area (Å²) >= 11 is 0. The first-order valence-electron chi connectivity index (χ1n) is 10.9. The van der Waals surface area contributed by atoms with Gasteiger partial charge < -0.3 is 24.3 Å². The van der Waals surface area contributed by atoms with Gasteiger partial charge in [0.2, 0.25) is 12.7 Å². The van der Waals surface area contributed by atoms with E-state index in [0.29, 0.717) is 17.7 Å². The van der Waals surface area contributed by atoms with Gasteiger partial charge in [-0.1, -0.05) is 0 Å². The number of anilines is 1. The lowest BCUT2D eigenvalue weighted by Gasteiger charge is -2.23. The monoisotopic (exact) mass is 445 g/mol. The first kappa shape index (κ1) is 19.8. The number of nitrogens with zero attached hydrogens (tertiary/aromatic N) is 4. The Morgan fingerprint density at radius 2 is 1.88 bits per heavy atom. The van der Waals surface area contributed by atoms with Crippen molar-refractivity contribution in [3.63, 3.8) is 0 Å². The minimum atomic E-state index is 0.222. The van der Waals surface area contributed by atoms with Crippen LogP contribution in [-0.4, -0.2) is 52.7 Å². The van der Waals surface area contributed by atoms with E-state index in [1.807, 2.05) is 47.0 Å². The first-order chi connectivity index (χ1) is 16.3. The molecule has 1 saturated heterocycles. The quantitative estimate of drug-likeness (QED) is 0.496. The molecule has 6 rings (SSSR count). The summed E-state index contributed by atoms with van der Waals surface area (Å²) in [4.78, 5) is 14.2. The maximum atomic E-state index is 5.60. The van der Waals surface area contributed by atoms with Crippen molar-refractivity contribution < 1.29 is 18.9 Å². The molecule has 2 aromatic carbocycles. The number of nitrogens with one attached hydrogen (secondary N) is 1. The van der Waals surface area contributed by atoms with Gasteiger partial charge in [-0.25, -0.2) is 9.97 Å². The Balaban J connectivity index is 1.47. The Hall–Kier alpha value is -3.85. The number of methoxy groups -OCH3 is 1. The van der Waals surface area contributed by atoms with E-state index in [0.717, 1.165) is 65.8 Å². The lowest BCUT2D eigenvalue weighted by atomic mass is 10.1. The van der Waals surface area contributed by atoms with Crippen LogP contribution in [0.5, 0.6) is 17.2 Å². The summed E-state index contributed by atoms with van der Waals surface area (Å²) in [5.74, 6) is 4.23. The van der Waals surface area contributed by atoms with Crippen molar-refractivity contribution >= 4 is 17.0 Å². The Morgan fingerprint density at radius 3 is 2.76 bits per heavy atom. The molecule has 1 fully saturated rings. The van der Waals surface area contributed by atoms with Crippen molar-refractivity contribution in [1.82, 2.24) is 19.5 Å². The molecule has 0 unspecified atom stereocenters. The van der Waals surface area contributed by atoms with Gasteiger partial charge in [0.25, 0.3) is 0 Å². The molecule has 168 valence electrons. The second kappa shape index (κ2) is 8.25. The summed E-state index contributed by atoms with van der Waals surface area (Å²) < 4.78 is 24.0. The van der Waals surface area contributed by atoms with Crippen LogP contribution in [0.2, 0.25) is 0 Å². The summed E-state index contributed by atoms with van der Waals surface area (Å²) in [6.45, 7) is 1.72. The molecule has 33 heavy (non-hydrogen) atoms. The fourth-order valence-corrected chi connectivity index (χ4v) is 4.22. The molecule has 9 heteroatoms. The molecule has 0 spiro atoms. The number of rotatable bonds is 5. The highest BCUT2D eigenvalue weighted by molar-refractivity contribution is 5.84. The van der Waals surface area contributed by atoms with Gasteiger partial charge in [-0.05, 0) is 49.2 Å². The zero-order chi connectivity index (χ0) is 22.2. The minimum absolute atomic E-state index is 0.222. The van der Waals surface area contributed by atoms with Gasteiger partial charge in [0, 0.05) is 37.1 Å². The summed E-state index contributed by atoms with van der Waals surface area (Å²) in [5, 5.41) is 3.45. The molecule has 0 amide bonds. The lowest BCUT2D eigenvalue weighted by molar-refractivity contribution is 0.0903. The van der Waals surface area contributed by atoms with E-state index < -0.39 is 0 Å². The van der Waals surface area contributed by atoms with Crippen LogP contribution in [0.1, 0.15) is 12.8 Å². The van der Waals surface area contributed by atoms with Gasteiger partial charge in [-0.2, -0.15) is 4.98 Å². The van der Waals surface area contributed by atoms with Crippen molar-refractivity contribution in [3.05, 3.63) is 48.7 Å². The maximum Gasteiger partial charge on any atom is 0.231 e. The highest BCUT2D eigenvalue weighted by atomic mass is 16.7. The number of hydrogen-bond donors (Lipinski definition) is 1. The normalized spacial score (nSPS) is 15.7. The average molecular weight is 445 g/mol. The second-order valence-electron chi connectivity index (χ2n) is 7.96. The third kappa shape index (κ3) is 3.70. The molecule has 9 nitrogen and oxygen atoms in total. The van der Waals surface area contributed by atoms with E-state index >= 15 is 0 Å². The standard InChI is InChI=1S/C24H23N5O4/c1-30-17-3-4-19-18(13-17)27-23(15-2-5-20-21(12-15)33-14-32-20)29(19)22-6-9-25-24(28-22)26-16-7-10-31-11-8-16/h2-6,9,12-13,16H,7-8,10-11,14H2,1H3,(H,25,26,28). The number of aromatic nitrogens is 4. The molecule has 0 saturated carbocycles. The smallest absolute Gasteiger partial charge is 0.231 e. The van der Waals surface area contributed by atoms with Crippen molar-refractivity contribution in [2.45, 2.75) is 18.9 Å². The average Bonchev–Trinajstić information content (AvgIpc) is 3.48. The van der Waals surface area contributed by atoms with Crippen LogP contribution < -0.4 is 19.5 Å². The molecule has 0 atom stereocenters. The largest absolute Gasteiger partial charge is 0.497 e. The molecular weight excluding hydrogens is 422 g/mol. The van der Waals surface area contributed by atoms with E-state index in [9.17, 15) is 0 Å². The van der Waals surface area contributed by atoms with Gasteiger partial charge in [0.1, 0.15) is 17.4 Å². The molecule has 1 N–H and O–H groups in total. The Bertz CT molecular complexity index is 1320. The fourth-order valence-electron chi connectivity index (χ4n) is 4.22. The first-order valence-corrected chi connectivity index (χ1v) is 10.9. The van der Waals surface area contributed by atoms with Gasteiger partial charge in [0.05, 0.1) is 18.1 Å². The van der Waals surface area contributed by atoms with E-state index in [4.69, 9.17) is 28.9 Å². The van der Waals surface area contributed by atoms with E-state index in [2.05, 4.69) is 10.3 Å². The van der Waals surface area contributed by atoms with Gasteiger partial charge in [0.15, 0.2) is 11.5 Å². The summed E-state index contributed by atoms with van der Waals surface area (Å²) in [5.41, 5.74) is 2.62. The van der Waals surface area contributed by atoms with Crippen LogP contribution in [0.15, 0.2) is 48.7 Å². The molecule has 2 aliphatic heterocycles. The zero-order valence-corrected chi connectivity index (χ0v) is 18.2. The molecule has 2 aromatic heterocycles. The van der Waals surface area contributed by atoms with Crippen LogP contribution in [0.4, 0.5) is 5.95 Å². The third-order valence-electron chi connectivity index (χ3n) is 5.92. The zero-order valence-electron chi connectivity index (χ0n) is 18.2. The molecular formula is C24H23N5O4. The number of imidazole rings is 1. The maximum absolute atomic E-state index is 5.60. The van der Waals surface area contributed by atoms with Crippen molar-refractivity contribution in [1.29, 1.82) is 0 Å². The van der Waals surface area contributed by atoms with Crippen LogP contribution in [0, 0.1) is 0 Å². The van der Waals surface area contributed by atoms with Crippen LogP contribution in [-0.2, 0) is 4.74 Å². The van der Waals surface area contributed by atoms with E-state index in [1.165, 1.54) is 0 Å². The van der Waals surface area contributed by atoms with Gasteiger partial charge >= 0.3 is 0 Å². The number of ether oxygens (including phenoxy) is 4. The Labute approximate surface area is 190 Å². The van der Waals surface area contributed by atoms with Crippen LogP contribution >= 0.6 is 0 Å². The van der Waals surface area contributed by atoms with Crippen molar-refractivity contribution in [2.24, 2.45) is 0 Å². The number of hydrogen-bond acceptors (Lipinski definition) is 8. The van der Waals surface area contributed by atoms with Crippen LogP contribution in [0.3, 0.4) is 0 Å². The molecule has 0 bridgehead atoms. The third-order valence-corrected chi connectivity index (χ3v) is 5.92. The van der Waals surface area contributed by atoms with Crippen LogP contribution in [0.25, 0.3) is 28.2 Å². The van der Waals surface area contributed by atoms with E-state index in [1.54, 1.807) is 13.3 Å². The predicted molar refractivity (Wildman–Crippen MR) is 122 cm³/mol. The van der Waals surface area contributed by atoms with Crippen molar-refractivity contribution in [2.75, 3.05) is 32.4 Å². The number of benzene rings is 2. The van der Waals surface area contributed by atoms with Gasteiger partial charge in [-0.3, -0.25) is 4.57 Å².